The van der Waals surface area contributed by atoms with Gasteiger partial charge in [-0.15, -0.1) is 11.3 Å². The van der Waals surface area contributed by atoms with Crippen LogP contribution in [0, 0.1) is 5.82 Å². The molecule has 2 heterocycles. The molecule has 0 unspecified atom stereocenters. The van der Waals surface area contributed by atoms with Crippen LogP contribution in [-0.4, -0.2) is 47.5 Å². The molecule has 1 aliphatic rings. The maximum Gasteiger partial charge on any atom is 0.322 e. The number of hydrogen-bond acceptors (Lipinski definition) is 4. The Hall–Kier alpha value is -3.10. The molecule has 1 N–H and O–H groups in total. The third kappa shape index (κ3) is 6.13. The predicted octanol–water partition coefficient (Wildman–Crippen LogP) is 5.99. The van der Waals surface area contributed by atoms with E-state index < -0.39 is 0 Å². The zero-order valence-corrected chi connectivity index (χ0v) is 21.1. The number of carbonyl (C=O) groups is 2. The Labute approximate surface area is 213 Å². The number of hydrogen-bond donors (Lipinski definition) is 1. The zero-order chi connectivity index (χ0) is 24.9. The third-order valence-electron chi connectivity index (χ3n) is 5.88. The van der Waals surface area contributed by atoms with E-state index in [1.54, 1.807) is 52.6 Å². The minimum Gasteiger partial charge on any atom is -0.491 e. The van der Waals surface area contributed by atoms with Crippen molar-refractivity contribution in [3.8, 4) is 5.75 Å². The highest BCUT2D eigenvalue weighted by Crippen LogP contribution is 2.34. The molecule has 0 fully saturated rings. The van der Waals surface area contributed by atoms with Crippen molar-refractivity contribution < 1.29 is 18.7 Å². The Kier molecular flexibility index (Phi) is 7.93. The summed E-state index contributed by atoms with van der Waals surface area (Å²) in [6.07, 6.45) is 0.742. The number of benzene rings is 2. The Morgan fingerprint density at radius 2 is 2.03 bits per heavy atom. The molecule has 184 valence electrons. The van der Waals surface area contributed by atoms with Gasteiger partial charge < -0.3 is 19.9 Å². The molecular weight excluding hydrogens is 489 g/mol. The van der Waals surface area contributed by atoms with Crippen molar-refractivity contribution >= 4 is 40.6 Å². The van der Waals surface area contributed by atoms with Gasteiger partial charge in [0.1, 0.15) is 24.7 Å². The van der Waals surface area contributed by atoms with Gasteiger partial charge >= 0.3 is 6.03 Å². The van der Waals surface area contributed by atoms with Crippen molar-refractivity contribution in [2.75, 3.05) is 25.0 Å². The summed E-state index contributed by atoms with van der Waals surface area (Å²) < 4.78 is 19.5. The first-order valence-electron chi connectivity index (χ1n) is 11.4. The summed E-state index contributed by atoms with van der Waals surface area (Å²) in [6, 6.07) is 13.9. The molecule has 3 amide bonds. The van der Waals surface area contributed by atoms with Crippen LogP contribution in [0.25, 0.3) is 0 Å². The summed E-state index contributed by atoms with van der Waals surface area (Å²) in [5.74, 6) is -0.150. The summed E-state index contributed by atoms with van der Waals surface area (Å²) in [7, 11) is 0. The van der Waals surface area contributed by atoms with Gasteiger partial charge in [-0.25, -0.2) is 9.18 Å². The average molecular weight is 516 g/mol. The smallest absolute Gasteiger partial charge is 0.322 e. The van der Waals surface area contributed by atoms with E-state index in [1.165, 1.54) is 21.9 Å². The van der Waals surface area contributed by atoms with Gasteiger partial charge in [-0.2, -0.15) is 0 Å². The van der Waals surface area contributed by atoms with Gasteiger partial charge in [-0.05, 0) is 67.6 Å². The maximum absolute atomic E-state index is 13.6. The summed E-state index contributed by atoms with van der Waals surface area (Å²) in [5, 5.41) is 5.34. The second-order valence-corrected chi connectivity index (χ2v) is 10.0. The second kappa shape index (κ2) is 11.1. The van der Waals surface area contributed by atoms with E-state index in [4.69, 9.17) is 16.3 Å². The van der Waals surface area contributed by atoms with Gasteiger partial charge in [0.05, 0.1) is 6.04 Å². The number of fused-ring (bicyclic) bond motifs is 1. The van der Waals surface area contributed by atoms with Gasteiger partial charge in [-0.3, -0.25) is 4.79 Å². The Morgan fingerprint density at radius 3 is 2.77 bits per heavy atom. The Balaban J connectivity index is 1.49. The van der Waals surface area contributed by atoms with Crippen LogP contribution in [0.4, 0.5) is 14.9 Å². The number of amides is 3. The van der Waals surface area contributed by atoms with Crippen LogP contribution in [0.1, 0.15) is 30.3 Å². The predicted molar refractivity (Wildman–Crippen MR) is 137 cm³/mol. The molecule has 2 aromatic carbocycles. The van der Waals surface area contributed by atoms with Gasteiger partial charge in [0.15, 0.2) is 0 Å². The molecule has 1 atom stereocenters. The molecule has 4 rings (SSSR count). The fraction of sp³-hybridized carbons (Fsp3) is 0.308. The molecule has 9 heteroatoms. The lowest BCUT2D eigenvalue weighted by atomic mass is 10.0. The van der Waals surface area contributed by atoms with E-state index in [-0.39, 0.29) is 43.0 Å². The first kappa shape index (κ1) is 25.0. The van der Waals surface area contributed by atoms with Crippen molar-refractivity contribution in [1.82, 2.24) is 9.80 Å². The van der Waals surface area contributed by atoms with Crippen LogP contribution in [-0.2, 0) is 11.2 Å². The number of anilines is 1. The molecule has 0 radical (unpaired) electrons. The zero-order valence-electron chi connectivity index (χ0n) is 19.5. The topological polar surface area (TPSA) is 61.9 Å². The van der Waals surface area contributed by atoms with Gasteiger partial charge in [0, 0.05) is 34.2 Å². The third-order valence-corrected chi connectivity index (χ3v) is 7.12. The highest BCUT2D eigenvalue weighted by molar-refractivity contribution is 7.10. The number of nitrogens with one attached hydrogen (secondary N) is 1. The van der Waals surface area contributed by atoms with Crippen molar-refractivity contribution in [3.63, 3.8) is 0 Å². The lowest BCUT2D eigenvalue weighted by Crippen LogP contribution is -2.50. The van der Waals surface area contributed by atoms with E-state index in [2.05, 4.69) is 5.32 Å². The number of ether oxygens (including phenoxy) is 1. The fourth-order valence-corrected chi connectivity index (χ4v) is 5.21. The molecule has 0 saturated carbocycles. The first-order valence-corrected chi connectivity index (χ1v) is 12.6. The highest BCUT2D eigenvalue weighted by Gasteiger charge is 2.34. The second-order valence-electron chi connectivity index (χ2n) is 8.58. The van der Waals surface area contributed by atoms with Crippen molar-refractivity contribution in [2.45, 2.75) is 32.4 Å². The van der Waals surface area contributed by atoms with Crippen LogP contribution >= 0.6 is 22.9 Å². The summed E-state index contributed by atoms with van der Waals surface area (Å²) >= 11 is 7.68. The molecule has 0 spiro atoms. The Morgan fingerprint density at radius 1 is 1.23 bits per heavy atom. The maximum atomic E-state index is 13.6. The van der Waals surface area contributed by atoms with Crippen molar-refractivity contribution in [2.24, 2.45) is 0 Å². The molecule has 6 nitrogen and oxygen atoms in total. The normalized spacial score (nSPS) is 15.0. The Bertz CT molecular complexity index is 1200. The largest absolute Gasteiger partial charge is 0.491 e. The van der Waals surface area contributed by atoms with Crippen molar-refractivity contribution in [3.05, 3.63) is 81.3 Å². The van der Waals surface area contributed by atoms with Gasteiger partial charge in [0.25, 0.3) is 0 Å². The van der Waals surface area contributed by atoms with Crippen LogP contribution in [0.2, 0.25) is 5.02 Å². The van der Waals surface area contributed by atoms with Crippen molar-refractivity contribution in [1.29, 1.82) is 0 Å². The summed E-state index contributed by atoms with van der Waals surface area (Å²) in [5.41, 5.74) is 1.59. The van der Waals surface area contributed by atoms with Crippen LogP contribution in [0.15, 0.2) is 60.0 Å². The van der Waals surface area contributed by atoms with Gasteiger partial charge in [0.2, 0.25) is 5.91 Å². The van der Waals surface area contributed by atoms with E-state index in [9.17, 15) is 14.0 Å². The van der Waals surface area contributed by atoms with E-state index in [0.29, 0.717) is 23.0 Å². The van der Waals surface area contributed by atoms with Crippen LogP contribution < -0.4 is 10.1 Å². The van der Waals surface area contributed by atoms with E-state index in [0.717, 1.165) is 12.0 Å². The summed E-state index contributed by atoms with van der Waals surface area (Å²) in [4.78, 5) is 31.0. The molecule has 0 aliphatic carbocycles. The molecular formula is C26H27ClFN3O3S. The highest BCUT2D eigenvalue weighted by atomic mass is 35.5. The number of thiophene rings is 1. The van der Waals surface area contributed by atoms with Gasteiger partial charge in [-0.1, -0.05) is 23.7 Å². The lowest BCUT2D eigenvalue weighted by molar-refractivity contribution is -0.135. The molecule has 0 saturated heterocycles. The summed E-state index contributed by atoms with van der Waals surface area (Å²) in [6.45, 7) is 4.35. The van der Waals surface area contributed by atoms with Crippen LogP contribution in [0.3, 0.4) is 0 Å². The quantitative estimate of drug-likeness (QED) is 0.420. The number of urea groups is 1. The van der Waals surface area contributed by atoms with Crippen LogP contribution in [0.5, 0.6) is 5.75 Å². The number of nitrogens with zero attached hydrogens (tertiary/aromatic N) is 2. The monoisotopic (exact) mass is 515 g/mol. The number of carbonyl (C=O) groups excluding carboxylic acids is 2. The van der Waals surface area contributed by atoms with E-state index >= 15 is 0 Å². The minimum absolute atomic E-state index is 0.0833. The standard InChI is InChI=1S/C26H27ClFN3O3S/c1-17(2)31(26(33)29-20-7-3-5-18(27)13-20)15-25(32)30-11-9-24-22(10-12-35-24)23(30)16-34-21-8-4-6-19(28)14-21/h3-8,10,12-14,17,23H,9,11,15-16H2,1-2H3,(H,29,33)/t23-/m0/s1. The molecule has 3 aromatic rings. The lowest BCUT2D eigenvalue weighted by Gasteiger charge is -2.37. The number of halogens is 2. The first-order chi connectivity index (χ1) is 16.8. The molecule has 35 heavy (non-hydrogen) atoms. The molecule has 1 aromatic heterocycles. The SMILES string of the molecule is CC(C)N(CC(=O)N1CCc2sccc2[C@@H]1COc1cccc(F)c1)C(=O)Nc1cccc(Cl)c1. The average Bonchev–Trinajstić information content (AvgIpc) is 3.30. The minimum atomic E-state index is -0.381. The molecule has 0 bridgehead atoms. The van der Waals surface area contributed by atoms with E-state index in [1.807, 2.05) is 25.3 Å². The number of rotatable bonds is 7. The fourth-order valence-electron chi connectivity index (χ4n) is 4.09. The molecule has 1 aliphatic heterocycles.